The highest BCUT2D eigenvalue weighted by atomic mass is 32.2. The van der Waals surface area contributed by atoms with Crippen LogP contribution in [-0.2, 0) is 26.0 Å². The molecular formula is C18H21N3O5S. The number of para-hydroxylation sites is 1. The van der Waals surface area contributed by atoms with E-state index in [1.54, 1.807) is 36.4 Å². The van der Waals surface area contributed by atoms with Crippen LogP contribution < -0.4 is 15.8 Å². The van der Waals surface area contributed by atoms with Crippen molar-refractivity contribution in [1.82, 2.24) is 5.32 Å². The van der Waals surface area contributed by atoms with E-state index in [-0.39, 0.29) is 22.9 Å². The molecule has 27 heavy (non-hydrogen) atoms. The maximum atomic E-state index is 12.0. The predicted molar refractivity (Wildman–Crippen MR) is 101 cm³/mol. The van der Waals surface area contributed by atoms with Crippen molar-refractivity contribution in [3.8, 4) is 0 Å². The van der Waals surface area contributed by atoms with Crippen molar-refractivity contribution in [1.29, 1.82) is 0 Å². The lowest BCUT2D eigenvalue weighted by Crippen LogP contribution is -2.30. The minimum absolute atomic E-state index is 0.0582. The normalized spacial score (nSPS) is 11.0. The molecule has 2 aromatic carbocycles. The summed E-state index contributed by atoms with van der Waals surface area (Å²) in [4.78, 5) is 23.8. The summed E-state index contributed by atoms with van der Waals surface area (Å²) in [6, 6.07) is 12.8. The van der Waals surface area contributed by atoms with Gasteiger partial charge in [-0.05, 0) is 42.8 Å². The summed E-state index contributed by atoms with van der Waals surface area (Å²) < 4.78 is 27.1. The maximum Gasteiger partial charge on any atom is 0.339 e. The zero-order chi connectivity index (χ0) is 19.9. The number of nitrogens with one attached hydrogen (secondary N) is 2. The molecule has 1 amide bonds. The molecule has 0 saturated heterocycles. The summed E-state index contributed by atoms with van der Waals surface area (Å²) >= 11 is 0. The molecule has 0 unspecified atom stereocenters. The van der Waals surface area contributed by atoms with Crippen LogP contribution in [-0.4, -0.2) is 40.5 Å². The predicted octanol–water partition coefficient (Wildman–Crippen LogP) is 0.891. The molecule has 8 nitrogen and oxygen atoms in total. The first-order valence-corrected chi connectivity index (χ1v) is 9.65. The van der Waals surface area contributed by atoms with Crippen molar-refractivity contribution in [3.63, 3.8) is 0 Å². The van der Waals surface area contributed by atoms with Crippen molar-refractivity contribution >= 4 is 27.6 Å². The molecule has 0 radical (unpaired) electrons. The van der Waals surface area contributed by atoms with Gasteiger partial charge in [0.25, 0.3) is 0 Å². The third-order valence-electron chi connectivity index (χ3n) is 3.73. The number of carbonyl (C=O) groups is 2. The number of carbonyl (C=O) groups excluding carboxylic acids is 2. The summed E-state index contributed by atoms with van der Waals surface area (Å²) in [5.41, 5.74) is 1.57. The smallest absolute Gasteiger partial charge is 0.339 e. The number of sulfonamides is 1. The Morgan fingerprint density at radius 2 is 1.74 bits per heavy atom. The molecule has 0 bridgehead atoms. The summed E-state index contributed by atoms with van der Waals surface area (Å²) in [5.74, 6) is -0.822. The monoisotopic (exact) mass is 391 g/mol. The second-order valence-electron chi connectivity index (χ2n) is 5.70. The van der Waals surface area contributed by atoms with Gasteiger partial charge < -0.3 is 15.4 Å². The van der Waals surface area contributed by atoms with Gasteiger partial charge in [0.1, 0.15) is 0 Å². The number of hydrogen-bond donors (Lipinski definition) is 3. The third-order valence-corrected chi connectivity index (χ3v) is 4.66. The van der Waals surface area contributed by atoms with Gasteiger partial charge in [0, 0.05) is 0 Å². The second-order valence-corrected chi connectivity index (χ2v) is 7.26. The standard InChI is InChI=1S/C18H21N3O5S/c1-26-18(23)15-4-2-3-5-16(15)21-17(22)12-20-11-10-13-6-8-14(9-7-13)27(19,24)25/h2-9,20H,10-12H2,1H3,(H,21,22)(H2,19,24,25). The highest BCUT2D eigenvalue weighted by Crippen LogP contribution is 2.15. The third kappa shape index (κ3) is 6.17. The molecule has 0 aliphatic rings. The number of primary sulfonamides is 1. The minimum Gasteiger partial charge on any atom is -0.465 e. The van der Waals surface area contributed by atoms with E-state index in [4.69, 9.17) is 5.14 Å². The fourth-order valence-corrected chi connectivity index (χ4v) is 2.87. The van der Waals surface area contributed by atoms with Crippen LogP contribution in [0.25, 0.3) is 0 Å². The van der Waals surface area contributed by atoms with Crippen molar-refractivity contribution in [3.05, 3.63) is 59.7 Å². The first kappa shape index (κ1) is 20.6. The average molecular weight is 391 g/mol. The van der Waals surface area contributed by atoms with Crippen molar-refractivity contribution in [2.45, 2.75) is 11.3 Å². The van der Waals surface area contributed by atoms with E-state index in [0.717, 1.165) is 5.56 Å². The molecule has 0 fully saturated rings. The molecule has 4 N–H and O–H groups in total. The van der Waals surface area contributed by atoms with Gasteiger partial charge in [0.2, 0.25) is 15.9 Å². The van der Waals surface area contributed by atoms with Crippen molar-refractivity contribution in [2.24, 2.45) is 5.14 Å². The lowest BCUT2D eigenvalue weighted by molar-refractivity contribution is -0.115. The molecule has 0 heterocycles. The van der Waals surface area contributed by atoms with E-state index in [2.05, 4.69) is 15.4 Å². The van der Waals surface area contributed by atoms with Crippen LogP contribution in [0.5, 0.6) is 0 Å². The Labute approximate surface area is 157 Å². The number of benzene rings is 2. The number of hydrogen-bond acceptors (Lipinski definition) is 6. The van der Waals surface area contributed by atoms with Crippen LogP contribution in [0.4, 0.5) is 5.69 Å². The Kier molecular flexibility index (Phi) is 7.05. The Balaban J connectivity index is 1.81. The molecule has 0 atom stereocenters. The Hall–Kier alpha value is -2.75. The number of amides is 1. The number of rotatable bonds is 8. The number of esters is 1. The van der Waals surface area contributed by atoms with Gasteiger partial charge in [-0.3, -0.25) is 4.79 Å². The molecule has 2 rings (SSSR count). The van der Waals surface area contributed by atoms with E-state index in [0.29, 0.717) is 18.7 Å². The zero-order valence-electron chi connectivity index (χ0n) is 14.8. The highest BCUT2D eigenvalue weighted by Gasteiger charge is 2.13. The number of ether oxygens (including phenoxy) is 1. The van der Waals surface area contributed by atoms with Gasteiger partial charge in [-0.1, -0.05) is 24.3 Å². The summed E-state index contributed by atoms with van der Waals surface area (Å²) in [5, 5.41) is 10.7. The maximum absolute atomic E-state index is 12.0. The first-order valence-electron chi connectivity index (χ1n) is 8.11. The molecule has 144 valence electrons. The van der Waals surface area contributed by atoms with E-state index in [1.807, 2.05) is 0 Å². The summed E-state index contributed by atoms with van der Waals surface area (Å²) in [6.07, 6.45) is 0.608. The number of methoxy groups -OCH3 is 1. The van der Waals surface area contributed by atoms with Crippen LogP contribution in [0.15, 0.2) is 53.4 Å². The topological polar surface area (TPSA) is 128 Å². The van der Waals surface area contributed by atoms with Gasteiger partial charge in [-0.15, -0.1) is 0 Å². The van der Waals surface area contributed by atoms with E-state index in [1.165, 1.54) is 19.2 Å². The van der Waals surface area contributed by atoms with Crippen molar-refractivity contribution < 1.29 is 22.7 Å². The van der Waals surface area contributed by atoms with Crippen LogP contribution in [0.2, 0.25) is 0 Å². The summed E-state index contributed by atoms with van der Waals surface area (Å²) in [7, 11) is -2.42. The Morgan fingerprint density at radius 3 is 2.37 bits per heavy atom. The zero-order valence-corrected chi connectivity index (χ0v) is 15.6. The van der Waals surface area contributed by atoms with E-state index >= 15 is 0 Å². The van der Waals surface area contributed by atoms with Crippen LogP contribution in [0.1, 0.15) is 15.9 Å². The average Bonchev–Trinajstić information content (AvgIpc) is 2.65. The quantitative estimate of drug-likeness (QED) is 0.453. The van der Waals surface area contributed by atoms with Gasteiger partial charge in [0.05, 0.1) is 29.8 Å². The lowest BCUT2D eigenvalue weighted by Gasteiger charge is -2.10. The minimum atomic E-state index is -3.70. The Morgan fingerprint density at radius 1 is 1.07 bits per heavy atom. The molecule has 0 aromatic heterocycles. The first-order chi connectivity index (χ1) is 12.8. The van der Waals surface area contributed by atoms with Crippen molar-refractivity contribution in [2.75, 3.05) is 25.5 Å². The van der Waals surface area contributed by atoms with E-state index in [9.17, 15) is 18.0 Å². The lowest BCUT2D eigenvalue weighted by atomic mass is 10.1. The fourth-order valence-electron chi connectivity index (χ4n) is 2.35. The molecule has 0 spiro atoms. The molecule has 0 aliphatic carbocycles. The molecular weight excluding hydrogens is 370 g/mol. The summed E-state index contributed by atoms with van der Waals surface area (Å²) in [6.45, 7) is 0.575. The second kappa shape index (κ2) is 9.26. The van der Waals surface area contributed by atoms with Crippen LogP contribution in [0.3, 0.4) is 0 Å². The van der Waals surface area contributed by atoms with Gasteiger partial charge in [0.15, 0.2) is 0 Å². The molecule has 9 heteroatoms. The molecule has 0 saturated carbocycles. The number of anilines is 1. The van der Waals surface area contributed by atoms with Crippen LogP contribution in [0, 0.1) is 0 Å². The largest absolute Gasteiger partial charge is 0.465 e. The number of nitrogens with two attached hydrogens (primary N) is 1. The van der Waals surface area contributed by atoms with Gasteiger partial charge in [-0.2, -0.15) is 0 Å². The molecule has 0 aliphatic heterocycles. The van der Waals surface area contributed by atoms with Gasteiger partial charge in [-0.25, -0.2) is 18.4 Å². The van der Waals surface area contributed by atoms with Crippen LogP contribution >= 0.6 is 0 Å². The Bertz CT molecular complexity index is 911. The van der Waals surface area contributed by atoms with Gasteiger partial charge >= 0.3 is 5.97 Å². The fraction of sp³-hybridized carbons (Fsp3) is 0.222. The highest BCUT2D eigenvalue weighted by molar-refractivity contribution is 7.89. The SMILES string of the molecule is COC(=O)c1ccccc1NC(=O)CNCCc1ccc(S(N)(=O)=O)cc1. The molecule has 2 aromatic rings. The van der Waals surface area contributed by atoms with E-state index < -0.39 is 16.0 Å².